The monoisotopic (exact) mass is 165 g/mol. The second-order valence-electron chi connectivity index (χ2n) is 2.75. The van der Waals surface area contributed by atoms with Crippen LogP contribution in [0.1, 0.15) is 20.6 Å². The largest absolute Gasteiger partial charge is 0.481 e. The molecule has 1 aromatic heterocycles. The summed E-state index contributed by atoms with van der Waals surface area (Å²) < 4.78 is 15.0. The van der Waals surface area contributed by atoms with Gasteiger partial charge in [0.2, 0.25) is 0 Å². The van der Waals surface area contributed by atoms with Gasteiger partial charge in [0.1, 0.15) is 0 Å². The molecule has 3 nitrogen and oxygen atoms in total. The Morgan fingerprint density at radius 3 is 3.17 bits per heavy atom. The fourth-order valence-corrected chi connectivity index (χ4v) is 1.20. The lowest BCUT2D eigenvalue weighted by Crippen LogP contribution is -1.98. The van der Waals surface area contributed by atoms with Crippen molar-refractivity contribution in [1.82, 2.24) is 4.98 Å². The molecule has 0 aromatic carbocycles. The second kappa shape index (κ2) is 2.59. The van der Waals surface area contributed by atoms with E-state index in [0.29, 0.717) is 5.56 Å². The van der Waals surface area contributed by atoms with Crippen molar-refractivity contribution in [3.05, 3.63) is 30.1 Å². The molecule has 0 bridgehead atoms. The third-order valence-electron chi connectivity index (χ3n) is 1.89. The summed E-state index contributed by atoms with van der Waals surface area (Å²) in [7, 11) is 0. The first-order valence-corrected chi connectivity index (χ1v) is 3.68. The van der Waals surface area contributed by atoms with Gasteiger partial charge >= 0.3 is 5.97 Å². The lowest BCUT2D eigenvalue weighted by atomic mass is 10.1. The molecule has 0 aliphatic heterocycles. The summed E-state index contributed by atoms with van der Waals surface area (Å²) in [5.74, 6) is -2.55. The van der Waals surface area contributed by atoms with Crippen LogP contribution in [0.15, 0.2) is 24.5 Å². The van der Waals surface area contributed by atoms with Crippen LogP contribution in [0.25, 0.3) is 0 Å². The van der Waals surface area contributed by atoms with Gasteiger partial charge in [-0.25, -0.2) is 0 Å². The van der Waals surface area contributed by atoms with Crippen LogP contribution in [0, 0.1) is 5.92 Å². The van der Waals surface area contributed by atoms with Gasteiger partial charge in [-0.3, -0.25) is 9.78 Å². The molecule has 62 valence electrons. The van der Waals surface area contributed by atoms with Crippen LogP contribution < -0.4 is 0 Å². The SMILES string of the molecule is [2H]C1([2H])[C@H](C(=O)O)[C@H]1c1cccnc1. The standard InChI is InChI=1S/C9H9NO2/c11-9(12)8-4-7(8)6-2-1-3-10-5-6/h1-3,5,7-8H,4H2,(H,11,12)/t7-,8+/m1/s1/i4D2. The highest BCUT2D eigenvalue weighted by molar-refractivity contribution is 5.75. The van der Waals surface area contributed by atoms with Gasteiger partial charge in [0, 0.05) is 15.1 Å². The molecule has 0 spiro atoms. The molecule has 0 amide bonds. The van der Waals surface area contributed by atoms with Crippen LogP contribution in [0.3, 0.4) is 0 Å². The number of rotatable bonds is 2. The zero-order chi connectivity index (χ0) is 10.3. The third kappa shape index (κ3) is 1.18. The van der Waals surface area contributed by atoms with E-state index in [1.54, 1.807) is 18.3 Å². The number of carboxylic acid groups (broad SMARTS) is 1. The van der Waals surface area contributed by atoms with E-state index in [9.17, 15) is 4.79 Å². The van der Waals surface area contributed by atoms with Crippen molar-refractivity contribution in [3.63, 3.8) is 0 Å². The van der Waals surface area contributed by atoms with Gasteiger partial charge < -0.3 is 5.11 Å². The van der Waals surface area contributed by atoms with Crippen molar-refractivity contribution in [2.75, 3.05) is 0 Å². The highest BCUT2D eigenvalue weighted by Gasteiger charge is 2.44. The lowest BCUT2D eigenvalue weighted by molar-refractivity contribution is -0.138. The summed E-state index contributed by atoms with van der Waals surface area (Å²) in [5.41, 5.74) is 0.657. The molecule has 1 fully saturated rings. The van der Waals surface area contributed by atoms with Gasteiger partial charge in [0.05, 0.1) is 5.92 Å². The first-order chi connectivity index (χ1) is 6.55. The topological polar surface area (TPSA) is 50.2 Å². The minimum Gasteiger partial charge on any atom is -0.481 e. The fourth-order valence-electron chi connectivity index (χ4n) is 1.20. The van der Waals surface area contributed by atoms with Crippen molar-refractivity contribution < 1.29 is 12.6 Å². The van der Waals surface area contributed by atoms with Gasteiger partial charge in [-0.2, -0.15) is 0 Å². The predicted molar refractivity (Wildman–Crippen MR) is 42.7 cm³/mol. The van der Waals surface area contributed by atoms with Crippen LogP contribution in [-0.4, -0.2) is 16.1 Å². The quantitative estimate of drug-likeness (QED) is 0.717. The number of nitrogens with zero attached hydrogens (tertiary/aromatic N) is 1. The second-order valence-corrected chi connectivity index (χ2v) is 2.75. The Morgan fingerprint density at radius 1 is 1.83 bits per heavy atom. The van der Waals surface area contributed by atoms with E-state index >= 15 is 0 Å². The molecule has 0 radical (unpaired) electrons. The summed E-state index contributed by atoms with van der Waals surface area (Å²) in [5, 5.41) is 8.76. The van der Waals surface area contributed by atoms with Gasteiger partial charge in [0.15, 0.2) is 0 Å². The smallest absolute Gasteiger partial charge is 0.307 e. The minimum atomic E-state index is -1.63. The normalized spacial score (nSPS) is 33.3. The van der Waals surface area contributed by atoms with E-state index in [1.165, 1.54) is 6.20 Å². The third-order valence-corrected chi connectivity index (χ3v) is 1.89. The van der Waals surface area contributed by atoms with Gasteiger partial charge in [-0.1, -0.05) is 6.07 Å². The molecule has 1 aliphatic rings. The highest BCUT2D eigenvalue weighted by Crippen LogP contribution is 2.47. The summed E-state index contributed by atoms with van der Waals surface area (Å²) in [4.78, 5) is 14.5. The van der Waals surface area contributed by atoms with Gasteiger partial charge in [-0.05, 0) is 23.9 Å². The Morgan fingerprint density at radius 2 is 2.67 bits per heavy atom. The van der Waals surface area contributed by atoms with Crippen LogP contribution in [0.4, 0.5) is 0 Å². The number of aliphatic carboxylic acids is 1. The molecule has 3 heteroatoms. The minimum absolute atomic E-state index is 0.548. The molecular formula is C9H9NO2. The zero-order valence-electron chi connectivity index (χ0n) is 8.27. The molecule has 2 atom stereocenters. The van der Waals surface area contributed by atoms with E-state index in [2.05, 4.69) is 4.98 Å². The Kier molecular flexibility index (Phi) is 1.14. The van der Waals surface area contributed by atoms with Gasteiger partial charge in [-0.15, -0.1) is 0 Å². The highest BCUT2D eigenvalue weighted by atomic mass is 16.4. The number of carboxylic acids is 1. The first kappa shape index (κ1) is 5.30. The molecule has 0 unspecified atom stereocenters. The molecule has 0 saturated heterocycles. The van der Waals surface area contributed by atoms with Crippen molar-refractivity contribution in [3.8, 4) is 0 Å². The molecule has 12 heavy (non-hydrogen) atoms. The summed E-state index contributed by atoms with van der Waals surface area (Å²) in [6.07, 6.45) is 1.47. The predicted octanol–water partition coefficient (Wildman–Crippen LogP) is 1.27. The van der Waals surface area contributed by atoms with Crippen LogP contribution >= 0.6 is 0 Å². The molecule has 1 N–H and O–H groups in total. The van der Waals surface area contributed by atoms with E-state index < -0.39 is 24.2 Å². The zero-order valence-corrected chi connectivity index (χ0v) is 6.27. The average Bonchev–Trinajstić information content (AvgIpc) is 2.71. The Balaban J connectivity index is 2.28. The summed E-state index contributed by atoms with van der Waals surface area (Å²) >= 11 is 0. The summed E-state index contributed by atoms with van der Waals surface area (Å²) in [6, 6.07) is 3.39. The van der Waals surface area contributed by atoms with E-state index in [-0.39, 0.29) is 0 Å². The van der Waals surface area contributed by atoms with Gasteiger partial charge in [0.25, 0.3) is 0 Å². The van der Waals surface area contributed by atoms with Crippen molar-refractivity contribution in [2.45, 2.75) is 12.3 Å². The molecule has 1 saturated carbocycles. The summed E-state index contributed by atoms with van der Waals surface area (Å²) in [6.45, 7) is 0. The number of hydrogen-bond acceptors (Lipinski definition) is 2. The van der Waals surface area contributed by atoms with E-state index in [0.717, 1.165) is 0 Å². The molecule has 2 rings (SSSR count). The lowest BCUT2D eigenvalue weighted by Gasteiger charge is -1.94. The van der Waals surface area contributed by atoms with Crippen LogP contribution in [0.5, 0.6) is 0 Å². The van der Waals surface area contributed by atoms with Crippen LogP contribution in [0.2, 0.25) is 0 Å². The molecule has 1 aliphatic carbocycles. The Bertz CT molecular complexity index is 366. The Labute approximate surface area is 72.9 Å². The van der Waals surface area contributed by atoms with E-state index in [4.69, 9.17) is 7.85 Å². The van der Waals surface area contributed by atoms with Crippen molar-refractivity contribution in [2.24, 2.45) is 5.92 Å². The Hall–Kier alpha value is -1.38. The molecule has 1 aromatic rings. The number of carbonyl (C=O) groups is 1. The molecule has 1 heterocycles. The number of aromatic nitrogens is 1. The first-order valence-electron chi connectivity index (χ1n) is 4.68. The van der Waals surface area contributed by atoms with Crippen molar-refractivity contribution >= 4 is 5.97 Å². The average molecular weight is 165 g/mol. The molecular weight excluding hydrogens is 154 g/mol. The number of pyridine rings is 1. The maximum Gasteiger partial charge on any atom is 0.307 e. The maximum absolute atomic E-state index is 10.7. The van der Waals surface area contributed by atoms with Crippen LogP contribution in [-0.2, 0) is 4.79 Å². The fraction of sp³-hybridized carbons (Fsp3) is 0.333. The number of hydrogen-bond donors (Lipinski definition) is 1. The maximum atomic E-state index is 10.7. The van der Waals surface area contributed by atoms with Crippen molar-refractivity contribution in [1.29, 1.82) is 0 Å². The van der Waals surface area contributed by atoms with E-state index in [1.807, 2.05) is 0 Å².